The Morgan fingerprint density at radius 2 is 1.89 bits per heavy atom. The highest BCUT2D eigenvalue weighted by Gasteiger charge is 2.32. The van der Waals surface area contributed by atoms with Crippen LogP contribution in [0.2, 0.25) is 5.15 Å². The first-order valence-electron chi connectivity index (χ1n) is 10.3. The maximum Gasteiger partial charge on any atom is 0.573 e. The third-order valence-electron chi connectivity index (χ3n) is 5.08. The van der Waals surface area contributed by atoms with Crippen LogP contribution in [0.3, 0.4) is 0 Å². The molecule has 0 atom stereocenters. The van der Waals surface area contributed by atoms with Gasteiger partial charge in [-0.25, -0.2) is 17.4 Å². The fourth-order valence-corrected chi connectivity index (χ4v) is 5.26. The number of rotatable bonds is 7. The second-order valence-electron chi connectivity index (χ2n) is 7.66. The lowest BCUT2D eigenvalue weighted by Gasteiger charge is -2.12. The van der Waals surface area contributed by atoms with Gasteiger partial charge in [-0.1, -0.05) is 23.7 Å². The molecule has 0 bridgehead atoms. The predicted molar refractivity (Wildman–Crippen MR) is 128 cm³/mol. The average molecular weight is 525 g/mol. The van der Waals surface area contributed by atoms with E-state index in [9.17, 15) is 21.6 Å². The van der Waals surface area contributed by atoms with Gasteiger partial charge in [-0.15, -0.1) is 13.2 Å². The van der Waals surface area contributed by atoms with Crippen LogP contribution >= 0.6 is 11.6 Å². The van der Waals surface area contributed by atoms with Gasteiger partial charge < -0.3 is 15.4 Å². The molecule has 0 fully saturated rings. The fourth-order valence-electron chi connectivity index (χ4n) is 3.59. The molecular formula is C23H20ClF3N4O3S. The summed E-state index contributed by atoms with van der Waals surface area (Å²) in [4.78, 5) is 3.84. The average Bonchev–Trinajstić information content (AvgIpc) is 3.13. The molecule has 0 aliphatic carbocycles. The smallest absolute Gasteiger partial charge is 0.406 e. The zero-order valence-corrected chi connectivity index (χ0v) is 20.1. The van der Waals surface area contributed by atoms with Crippen LogP contribution in [0.4, 0.5) is 24.5 Å². The van der Waals surface area contributed by atoms with Crippen molar-refractivity contribution in [1.29, 1.82) is 0 Å². The summed E-state index contributed by atoms with van der Waals surface area (Å²) in [5.74, 6) is -0.630. The quantitative estimate of drug-likeness (QED) is 0.306. The van der Waals surface area contributed by atoms with Crippen molar-refractivity contribution < 1.29 is 26.3 Å². The first-order valence-corrected chi connectivity index (χ1v) is 12.1. The van der Waals surface area contributed by atoms with Crippen LogP contribution in [0.25, 0.3) is 10.9 Å². The van der Waals surface area contributed by atoms with Crippen LogP contribution in [0.1, 0.15) is 11.3 Å². The number of fused-ring (bicyclic) bond motifs is 1. The highest BCUT2D eigenvalue weighted by atomic mass is 35.5. The van der Waals surface area contributed by atoms with Crippen LogP contribution < -0.4 is 15.4 Å². The molecule has 2 aromatic carbocycles. The van der Waals surface area contributed by atoms with Crippen molar-refractivity contribution in [3.8, 4) is 5.75 Å². The maximum atomic E-state index is 13.5. The van der Waals surface area contributed by atoms with Gasteiger partial charge in [0.05, 0.1) is 16.1 Å². The first kappa shape index (κ1) is 24.8. The lowest BCUT2D eigenvalue weighted by Crippen LogP contribution is -2.18. The molecule has 184 valence electrons. The number of nitrogens with zero attached hydrogens (tertiary/aromatic N) is 2. The van der Waals surface area contributed by atoms with Crippen molar-refractivity contribution in [2.24, 2.45) is 0 Å². The number of halogens is 4. The summed E-state index contributed by atoms with van der Waals surface area (Å²) < 4.78 is 69.9. The van der Waals surface area contributed by atoms with E-state index in [4.69, 9.17) is 11.6 Å². The summed E-state index contributed by atoms with van der Waals surface area (Å²) in [7, 11) is -2.55. The van der Waals surface area contributed by atoms with E-state index in [-0.39, 0.29) is 10.0 Å². The number of aromatic nitrogens is 2. The van der Waals surface area contributed by atoms with Crippen molar-refractivity contribution >= 4 is 43.9 Å². The predicted octanol–water partition coefficient (Wildman–Crippen LogP) is 5.60. The number of hydrogen-bond donors (Lipinski definition) is 2. The summed E-state index contributed by atoms with van der Waals surface area (Å²) in [5, 5.41) is 7.02. The molecule has 2 aromatic heterocycles. The third kappa shape index (κ3) is 5.37. The summed E-state index contributed by atoms with van der Waals surface area (Å²) in [6, 6.07) is 13.0. The monoisotopic (exact) mass is 524 g/mol. The van der Waals surface area contributed by atoms with Crippen LogP contribution in [0.5, 0.6) is 5.75 Å². The molecule has 0 saturated carbocycles. The zero-order valence-electron chi connectivity index (χ0n) is 18.5. The van der Waals surface area contributed by atoms with E-state index in [0.29, 0.717) is 34.4 Å². The van der Waals surface area contributed by atoms with Crippen LogP contribution in [-0.4, -0.2) is 30.8 Å². The van der Waals surface area contributed by atoms with E-state index in [2.05, 4.69) is 20.4 Å². The minimum Gasteiger partial charge on any atom is -0.406 e. The number of benzene rings is 2. The van der Waals surface area contributed by atoms with Crippen LogP contribution in [-0.2, 0) is 16.6 Å². The van der Waals surface area contributed by atoms with Crippen LogP contribution in [0.15, 0.2) is 65.7 Å². The Morgan fingerprint density at radius 1 is 1.11 bits per heavy atom. The second-order valence-corrected chi connectivity index (χ2v) is 9.83. The number of hydrogen-bond acceptors (Lipinski definition) is 6. The van der Waals surface area contributed by atoms with E-state index >= 15 is 0 Å². The molecule has 0 aliphatic heterocycles. The largest absolute Gasteiger partial charge is 0.573 e. The van der Waals surface area contributed by atoms with Crippen molar-refractivity contribution in [2.45, 2.75) is 24.7 Å². The lowest BCUT2D eigenvalue weighted by atomic mass is 10.1. The van der Waals surface area contributed by atoms with E-state index in [1.165, 1.54) is 18.3 Å². The lowest BCUT2D eigenvalue weighted by molar-refractivity contribution is -0.274. The van der Waals surface area contributed by atoms with E-state index in [1.807, 2.05) is 0 Å². The summed E-state index contributed by atoms with van der Waals surface area (Å²) in [6.45, 7) is 2.17. The molecule has 4 rings (SSSR count). The summed E-state index contributed by atoms with van der Waals surface area (Å²) >= 11 is 6.21. The number of alkyl halides is 3. The first-order chi connectivity index (χ1) is 16.5. The molecule has 0 amide bonds. The van der Waals surface area contributed by atoms with Crippen LogP contribution in [0, 0.1) is 6.92 Å². The molecule has 2 heterocycles. The van der Waals surface area contributed by atoms with Gasteiger partial charge in [0.15, 0.2) is 5.15 Å². The van der Waals surface area contributed by atoms with E-state index in [0.717, 1.165) is 21.8 Å². The number of pyridine rings is 1. The SMILES string of the molecule is CNCc1cn(S(=O)(=O)c2cccc(OC(F)(F)F)c2)c2cc(Nc3ccc(C)nc3Cl)ccc12. The normalized spacial score (nSPS) is 12.2. The number of aryl methyl sites for hydroxylation is 1. The van der Waals surface area contributed by atoms with Gasteiger partial charge in [-0.05, 0) is 55.9 Å². The van der Waals surface area contributed by atoms with E-state index in [1.54, 1.807) is 44.3 Å². The van der Waals surface area contributed by atoms with Crippen molar-refractivity contribution in [1.82, 2.24) is 14.3 Å². The highest BCUT2D eigenvalue weighted by Crippen LogP contribution is 2.32. The number of ether oxygens (including phenoxy) is 1. The van der Waals surface area contributed by atoms with Gasteiger partial charge in [0.2, 0.25) is 0 Å². The molecule has 0 radical (unpaired) electrons. The molecule has 4 aromatic rings. The Bertz CT molecular complexity index is 1500. The standard InChI is InChI=1S/C23H20ClF3N4O3S/c1-14-6-9-20(22(24)29-14)30-16-7-8-19-15(12-28-2)13-31(21(19)10-16)35(32,33)18-5-3-4-17(11-18)34-23(25,26)27/h3-11,13,28,30H,12H2,1-2H3. The second kappa shape index (κ2) is 9.40. The molecule has 2 N–H and O–H groups in total. The molecule has 35 heavy (non-hydrogen) atoms. The minimum atomic E-state index is -4.95. The van der Waals surface area contributed by atoms with Crippen molar-refractivity contribution in [2.75, 3.05) is 12.4 Å². The zero-order chi connectivity index (χ0) is 25.4. The summed E-state index contributed by atoms with van der Waals surface area (Å²) in [6.07, 6.45) is -3.51. The Hall–Kier alpha value is -3.28. The molecule has 0 aliphatic rings. The van der Waals surface area contributed by atoms with E-state index < -0.39 is 22.1 Å². The minimum absolute atomic E-state index is 0.255. The molecule has 0 saturated heterocycles. The molecule has 0 unspecified atom stereocenters. The van der Waals surface area contributed by atoms with Crippen molar-refractivity contribution in [3.63, 3.8) is 0 Å². The fraction of sp³-hybridized carbons (Fsp3) is 0.174. The number of nitrogens with one attached hydrogen (secondary N) is 2. The molecular weight excluding hydrogens is 505 g/mol. The summed E-state index contributed by atoms with van der Waals surface area (Å²) in [5.41, 5.74) is 2.84. The Labute approximate surface area is 204 Å². The number of anilines is 2. The molecule has 7 nitrogen and oxygen atoms in total. The van der Waals surface area contributed by atoms with Gasteiger partial charge >= 0.3 is 6.36 Å². The molecule has 12 heteroatoms. The Kier molecular flexibility index (Phi) is 6.67. The van der Waals surface area contributed by atoms with Gasteiger partial charge in [-0.3, -0.25) is 0 Å². The Morgan fingerprint density at radius 3 is 2.57 bits per heavy atom. The van der Waals surface area contributed by atoms with Gasteiger partial charge in [0, 0.05) is 35.6 Å². The maximum absolute atomic E-state index is 13.5. The van der Waals surface area contributed by atoms with Gasteiger partial charge in [0.1, 0.15) is 5.75 Å². The van der Waals surface area contributed by atoms with Gasteiger partial charge in [-0.2, -0.15) is 0 Å². The molecule has 0 spiro atoms. The highest BCUT2D eigenvalue weighted by molar-refractivity contribution is 7.90. The topological polar surface area (TPSA) is 85.2 Å². The third-order valence-corrected chi connectivity index (χ3v) is 7.04. The Balaban J connectivity index is 1.81. The van der Waals surface area contributed by atoms with Gasteiger partial charge in [0.25, 0.3) is 10.0 Å². The van der Waals surface area contributed by atoms with Crippen molar-refractivity contribution in [3.05, 3.63) is 77.2 Å².